The molecule has 0 radical (unpaired) electrons. The molecule has 0 aliphatic carbocycles. The average Bonchev–Trinajstić information content (AvgIpc) is 2.33. The number of hydrogen-bond donors (Lipinski definition) is 1. The van der Waals surface area contributed by atoms with E-state index in [-0.39, 0.29) is 0 Å². The number of fused-ring (bicyclic) bond motifs is 1. The zero-order valence-electron chi connectivity index (χ0n) is 6.25. The van der Waals surface area contributed by atoms with Crippen LogP contribution in [-0.4, -0.2) is 42.6 Å². The maximum absolute atomic E-state index is 3.29. The van der Waals surface area contributed by atoms with Crippen molar-refractivity contribution in [2.45, 2.75) is 6.17 Å². The second-order valence-electron chi connectivity index (χ2n) is 3.00. The first-order chi connectivity index (χ1) is 4.86. The summed E-state index contributed by atoms with van der Waals surface area (Å²) < 4.78 is 0. The van der Waals surface area contributed by atoms with Gasteiger partial charge in [0, 0.05) is 32.0 Å². The Morgan fingerprint density at radius 3 is 3.30 bits per heavy atom. The first kappa shape index (κ1) is 6.04. The molecule has 1 fully saturated rings. The first-order valence-electron chi connectivity index (χ1n) is 3.73. The van der Waals surface area contributed by atoms with Gasteiger partial charge in [0.1, 0.15) is 6.17 Å². The largest absolute Gasteiger partial charge is 0.369 e. The van der Waals surface area contributed by atoms with Gasteiger partial charge in [-0.25, -0.2) is 0 Å². The van der Waals surface area contributed by atoms with E-state index in [2.05, 4.69) is 28.4 Å². The summed E-state index contributed by atoms with van der Waals surface area (Å²) in [6.07, 6.45) is 4.71. The van der Waals surface area contributed by atoms with E-state index in [1.54, 1.807) is 0 Å². The summed E-state index contributed by atoms with van der Waals surface area (Å²) in [4.78, 5) is 4.70. The molecule has 0 amide bonds. The molecule has 0 aromatic carbocycles. The molecule has 10 heavy (non-hydrogen) atoms. The summed E-state index contributed by atoms with van der Waals surface area (Å²) in [5.41, 5.74) is 0. The van der Waals surface area contributed by atoms with E-state index >= 15 is 0 Å². The molecule has 1 atom stereocenters. The molecule has 2 aliphatic rings. The van der Waals surface area contributed by atoms with Crippen LogP contribution in [0.5, 0.6) is 0 Å². The number of likely N-dealkylation sites (N-methyl/N-ethyl adjacent to an activating group) is 1. The second-order valence-corrected chi connectivity index (χ2v) is 3.00. The Morgan fingerprint density at radius 2 is 2.40 bits per heavy atom. The molecule has 1 unspecified atom stereocenters. The van der Waals surface area contributed by atoms with Crippen LogP contribution >= 0.6 is 0 Å². The normalized spacial score (nSPS) is 32.1. The maximum Gasteiger partial charge on any atom is 0.111 e. The van der Waals surface area contributed by atoms with Crippen molar-refractivity contribution in [2.24, 2.45) is 0 Å². The van der Waals surface area contributed by atoms with E-state index in [1.165, 1.54) is 6.54 Å². The minimum atomic E-state index is 0.541. The van der Waals surface area contributed by atoms with Crippen LogP contribution in [0.3, 0.4) is 0 Å². The van der Waals surface area contributed by atoms with Crippen molar-refractivity contribution < 1.29 is 0 Å². The van der Waals surface area contributed by atoms with Crippen LogP contribution in [0, 0.1) is 0 Å². The van der Waals surface area contributed by atoms with Crippen LogP contribution in [0.15, 0.2) is 12.4 Å². The predicted molar refractivity (Wildman–Crippen MR) is 40.3 cm³/mol. The third-order valence-electron chi connectivity index (χ3n) is 2.18. The fourth-order valence-electron chi connectivity index (χ4n) is 1.51. The summed E-state index contributed by atoms with van der Waals surface area (Å²) >= 11 is 0. The van der Waals surface area contributed by atoms with Crippen LogP contribution in [-0.2, 0) is 0 Å². The van der Waals surface area contributed by atoms with Crippen molar-refractivity contribution in [1.82, 2.24) is 15.1 Å². The van der Waals surface area contributed by atoms with Crippen LogP contribution in [0.4, 0.5) is 0 Å². The maximum atomic E-state index is 3.29. The number of piperazine rings is 1. The highest BCUT2D eigenvalue weighted by atomic mass is 15.4. The lowest BCUT2D eigenvalue weighted by atomic mass is 10.3. The van der Waals surface area contributed by atoms with E-state index in [1.807, 2.05) is 6.20 Å². The lowest BCUT2D eigenvalue weighted by Gasteiger charge is -2.35. The van der Waals surface area contributed by atoms with Crippen LogP contribution in [0.25, 0.3) is 0 Å². The molecule has 1 saturated heterocycles. The van der Waals surface area contributed by atoms with Gasteiger partial charge < -0.3 is 15.1 Å². The van der Waals surface area contributed by atoms with Crippen LogP contribution in [0.2, 0.25) is 0 Å². The Kier molecular flexibility index (Phi) is 1.31. The Bertz CT molecular complexity index is 155. The Balaban J connectivity index is 2.01. The summed E-state index contributed by atoms with van der Waals surface area (Å²) in [5.74, 6) is 0. The highest BCUT2D eigenvalue weighted by molar-refractivity contribution is 4.97. The van der Waals surface area contributed by atoms with Crippen molar-refractivity contribution in [1.29, 1.82) is 0 Å². The summed E-state index contributed by atoms with van der Waals surface area (Å²) in [5, 5.41) is 3.29. The van der Waals surface area contributed by atoms with Gasteiger partial charge in [-0.1, -0.05) is 0 Å². The van der Waals surface area contributed by atoms with E-state index in [0.717, 1.165) is 13.1 Å². The number of nitrogens with zero attached hydrogens (tertiary/aromatic N) is 2. The SMILES string of the molecule is CN1CCN2C=CNC2C1. The summed E-state index contributed by atoms with van der Waals surface area (Å²) in [6.45, 7) is 3.47. The monoisotopic (exact) mass is 139 g/mol. The van der Waals surface area contributed by atoms with Gasteiger partial charge in [-0.15, -0.1) is 0 Å². The quantitative estimate of drug-likeness (QED) is 0.494. The molecular formula is C7H13N3. The number of nitrogens with one attached hydrogen (secondary N) is 1. The molecule has 0 bridgehead atoms. The smallest absolute Gasteiger partial charge is 0.111 e. The molecule has 2 heterocycles. The molecule has 3 heteroatoms. The molecule has 3 nitrogen and oxygen atoms in total. The lowest BCUT2D eigenvalue weighted by Crippen LogP contribution is -2.51. The Morgan fingerprint density at radius 1 is 1.50 bits per heavy atom. The van der Waals surface area contributed by atoms with Gasteiger partial charge in [0.15, 0.2) is 0 Å². The minimum absolute atomic E-state index is 0.541. The Labute approximate surface area is 61.3 Å². The van der Waals surface area contributed by atoms with Gasteiger partial charge in [0.2, 0.25) is 0 Å². The topological polar surface area (TPSA) is 18.5 Å². The zero-order chi connectivity index (χ0) is 6.97. The molecular weight excluding hydrogens is 126 g/mol. The van der Waals surface area contributed by atoms with Gasteiger partial charge >= 0.3 is 0 Å². The predicted octanol–water partition coefficient (Wildman–Crippen LogP) is -0.366. The zero-order valence-corrected chi connectivity index (χ0v) is 6.25. The first-order valence-corrected chi connectivity index (χ1v) is 3.73. The highest BCUT2D eigenvalue weighted by Crippen LogP contribution is 2.09. The number of rotatable bonds is 0. The second kappa shape index (κ2) is 2.16. The minimum Gasteiger partial charge on any atom is -0.369 e. The average molecular weight is 139 g/mol. The number of hydrogen-bond acceptors (Lipinski definition) is 3. The molecule has 0 aromatic rings. The molecule has 0 saturated carbocycles. The van der Waals surface area contributed by atoms with Crippen molar-refractivity contribution >= 4 is 0 Å². The molecule has 0 spiro atoms. The molecule has 1 N–H and O–H groups in total. The highest BCUT2D eigenvalue weighted by Gasteiger charge is 2.23. The van der Waals surface area contributed by atoms with Gasteiger partial charge in [-0.2, -0.15) is 0 Å². The van der Waals surface area contributed by atoms with Gasteiger partial charge in [-0.05, 0) is 7.05 Å². The Hall–Kier alpha value is -0.700. The van der Waals surface area contributed by atoms with Crippen molar-refractivity contribution in [3.8, 4) is 0 Å². The van der Waals surface area contributed by atoms with E-state index in [9.17, 15) is 0 Å². The van der Waals surface area contributed by atoms with Crippen LogP contribution in [0.1, 0.15) is 0 Å². The van der Waals surface area contributed by atoms with Crippen molar-refractivity contribution in [3.05, 3.63) is 12.4 Å². The van der Waals surface area contributed by atoms with Crippen molar-refractivity contribution in [2.75, 3.05) is 26.7 Å². The molecule has 2 aliphatic heterocycles. The fourth-order valence-corrected chi connectivity index (χ4v) is 1.51. The third-order valence-corrected chi connectivity index (χ3v) is 2.18. The molecule has 0 aromatic heterocycles. The van der Waals surface area contributed by atoms with Gasteiger partial charge in [0.05, 0.1) is 0 Å². The van der Waals surface area contributed by atoms with Gasteiger partial charge in [-0.3, -0.25) is 0 Å². The standard InChI is InChI=1S/C7H13N3/c1-9-4-5-10-3-2-8-7(10)6-9/h2-3,7-8H,4-6H2,1H3. The van der Waals surface area contributed by atoms with Crippen LogP contribution < -0.4 is 5.32 Å². The van der Waals surface area contributed by atoms with E-state index in [0.29, 0.717) is 6.17 Å². The lowest BCUT2D eigenvalue weighted by molar-refractivity contribution is 0.134. The molecule has 2 rings (SSSR count). The van der Waals surface area contributed by atoms with Crippen molar-refractivity contribution in [3.63, 3.8) is 0 Å². The fraction of sp³-hybridized carbons (Fsp3) is 0.714. The van der Waals surface area contributed by atoms with E-state index in [4.69, 9.17) is 0 Å². The summed E-state index contributed by atoms with van der Waals surface area (Å²) in [7, 11) is 2.16. The van der Waals surface area contributed by atoms with E-state index < -0.39 is 0 Å². The third kappa shape index (κ3) is 0.865. The van der Waals surface area contributed by atoms with Gasteiger partial charge in [0.25, 0.3) is 0 Å². The molecule has 56 valence electrons. The summed E-state index contributed by atoms with van der Waals surface area (Å²) in [6, 6.07) is 0.